The summed E-state index contributed by atoms with van der Waals surface area (Å²) in [5.41, 5.74) is 1.79. The third-order valence-corrected chi connectivity index (χ3v) is 6.36. The number of hydrogen-bond donors (Lipinski definition) is 2. The molecule has 2 aromatic rings. The van der Waals surface area contributed by atoms with E-state index in [1.807, 2.05) is 30.0 Å². The molecule has 1 atom stereocenters. The molecule has 2 heterocycles. The zero-order chi connectivity index (χ0) is 25.9. The van der Waals surface area contributed by atoms with Crippen molar-refractivity contribution in [3.63, 3.8) is 0 Å². The van der Waals surface area contributed by atoms with Crippen LogP contribution in [0, 0.1) is 6.92 Å². The molecule has 3 rings (SSSR count). The molecule has 9 heteroatoms. The molecule has 0 saturated carbocycles. The second kappa shape index (κ2) is 13.6. The number of carbonyl (C=O) groups is 3. The van der Waals surface area contributed by atoms with E-state index in [2.05, 4.69) is 27.1 Å². The molecule has 1 aliphatic rings. The van der Waals surface area contributed by atoms with Crippen LogP contribution >= 0.6 is 11.6 Å². The topological polar surface area (TPSA) is 94.6 Å². The highest BCUT2D eigenvalue weighted by Crippen LogP contribution is 2.16. The van der Waals surface area contributed by atoms with Crippen LogP contribution in [0.1, 0.15) is 30.5 Å². The fraction of sp³-hybridized carbons (Fsp3) is 0.407. The van der Waals surface area contributed by atoms with E-state index in [9.17, 15) is 14.4 Å². The Balaban J connectivity index is 1.58. The second-order valence-corrected chi connectivity index (χ2v) is 9.30. The van der Waals surface area contributed by atoms with Gasteiger partial charge in [-0.2, -0.15) is 0 Å². The smallest absolute Gasteiger partial charge is 0.245 e. The van der Waals surface area contributed by atoms with Crippen LogP contribution in [-0.4, -0.2) is 66.4 Å². The summed E-state index contributed by atoms with van der Waals surface area (Å²) in [4.78, 5) is 46.1. The normalized spacial score (nSPS) is 14.2. The summed E-state index contributed by atoms with van der Waals surface area (Å²) < 4.78 is 0. The summed E-state index contributed by atoms with van der Waals surface area (Å²) in [6, 6.07) is 12.4. The molecule has 0 bridgehead atoms. The Morgan fingerprint density at radius 1 is 1.08 bits per heavy atom. The van der Waals surface area contributed by atoms with E-state index in [1.165, 1.54) is 6.08 Å². The highest BCUT2D eigenvalue weighted by molar-refractivity contribution is 6.30. The van der Waals surface area contributed by atoms with Gasteiger partial charge in [0.2, 0.25) is 17.7 Å². The van der Waals surface area contributed by atoms with Crippen molar-refractivity contribution < 1.29 is 14.4 Å². The molecule has 0 radical (unpaired) electrons. The largest absolute Gasteiger partial charge is 0.353 e. The van der Waals surface area contributed by atoms with E-state index in [4.69, 9.17) is 11.6 Å². The van der Waals surface area contributed by atoms with Gasteiger partial charge in [0, 0.05) is 43.4 Å². The lowest BCUT2D eigenvalue weighted by molar-refractivity contribution is -0.136. The average Bonchev–Trinajstić information content (AvgIpc) is 2.88. The van der Waals surface area contributed by atoms with Crippen LogP contribution in [0.25, 0.3) is 0 Å². The molecule has 1 aromatic heterocycles. The van der Waals surface area contributed by atoms with E-state index in [1.54, 1.807) is 24.3 Å². The molecule has 36 heavy (non-hydrogen) atoms. The van der Waals surface area contributed by atoms with Crippen LogP contribution in [0.3, 0.4) is 0 Å². The molecule has 1 saturated heterocycles. The van der Waals surface area contributed by atoms with E-state index in [0.717, 1.165) is 17.1 Å². The SMILES string of the molecule is C=CC(=O)NCCCCC(NC(=O)Cc1ccc(Cl)cc1)C(=O)N1CCN(c2cccc(C)n2)CC1. The fourth-order valence-corrected chi connectivity index (χ4v) is 4.25. The molecule has 0 aliphatic carbocycles. The number of hydrogen-bond acceptors (Lipinski definition) is 5. The van der Waals surface area contributed by atoms with Gasteiger partial charge in [0.25, 0.3) is 0 Å². The van der Waals surface area contributed by atoms with Crippen LogP contribution in [0.15, 0.2) is 55.1 Å². The highest BCUT2D eigenvalue weighted by atomic mass is 35.5. The predicted octanol–water partition coefficient (Wildman–Crippen LogP) is 2.89. The van der Waals surface area contributed by atoms with Crippen molar-refractivity contribution in [3.8, 4) is 0 Å². The van der Waals surface area contributed by atoms with Gasteiger partial charge in [-0.15, -0.1) is 0 Å². The lowest BCUT2D eigenvalue weighted by atomic mass is 10.1. The average molecular weight is 512 g/mol. The first kappa shape index (κ1) is 27.2. The molecule has 1 aromatic carbocycles. The van der Waals surface area contributed by atoms with Gasteiger partial charge in [-0.1, -0.05) is 36.4 Å². The van der Waals surface area contributed by atoms with E-state index in [0.29, 0.717) is 57.0 Å². The van der Waals surface area contributed by atoms with Crippen LogP contribution in [0.2, 0.25) is 5.02 Å². The Morgan fingerprint density at radius 3 is 2.47 bits per heavy atom. The molecule has 0 spiro atoms. The lowest BCUT2D eigenvalue weighted by Gasteiger charge is -2.37. The molecule has 1 unspecified atom stereocenters. The summed E-state index contributed by atoms with van der Waals surface area (Å²) in [6.45, 7) is 8.38. The number of piperazine rings is 1. The first-order valence-corrected chi connectivity index (χ1v) is 12.6. The number of amides is 3. The van der Waals surface area contributed by atoms with Crippen molar-refractivity contribution in [2.75, 3.05) is 37.6 Å². The number of halogens is 1. The Hall–Kier alpha value is -3.39. The van der Waals surface area contributed by atoms with E-state index >= 15 is 0 Å². The first-order chi connectivity index (χ1) is 17.4. The maximum atomic E-state index is 13.4. The van der Waals surface area contributed by atoms with Crippen molar-refractivity contribution in [2.24, 2.45) is 0 Å². The van der Waals surface area contributed by atoms with Gasteiger partial charge in [-0.05, 0) is 62.1 Å². The summed E-state index contributed by atoms with van der Waals surface area (Å²) in [5, 5.41) is 6.29. The number of aromatic nitrogens is 1. The second-order valence-electron chi connectivity index (χ2n) is 8.86. The van der Waals surface area contributed by atoms with Crippen LogP contribution < -0.4 is 15.5 Å². The molecule has 1 fully saturated rings. The standard InChI is InChI=1S/C27H34ClN5O3/c1-3-25(34)29-14-5-4-8-23(31-26(35)19-21-10-12-22(28)13-11-21)27(36)33-17-15-32(16-18-33)24-9-6-7-20(2)30-24/h3,6-7,9-13,23H,1,4-5,8,14-19H2,2H3,(H,29,34)(H,31,35). The fourth-order valence-electron chi connectivity index (χ4n) is 4.13. The number of nitrogens with zero attached hydrogens (tertiary/aromatic N) is 3. The van der Waals surface area contributed by atoms with Gasteiger partial charge in [-0.3, -0.25) is 14.4 Å². The minimum Gasteiger partial charge on any atom is -0.353 e. The van der Waals surface area contributed by atoms with Crippen molar-refractivity contribution in [1.82, 2.24) is 20.5 Å². The third kappa shape index (κ3) is 8.37. The molecule has 192 valence electrons. The quantitative estimate of drug-likeness (QED) is 0.357. The highest BCUT2D eigenvalue weighted by Gasteiger charge is 2.28. The zero-order valence-electron chi connectivity index (χ0n) is 20.7. The van der Waals surface area contributed by atoms with E-state index in [-0.39, 0.29) is 24.1 Å². The summed E-state index contributed by atoms with van der Waals surface area (Å²) in [7, 11) is 0. The van der Waals surface area contributed by atoms with Crippen molar-refractivity contribution in [3.05, 3.63) is 71.4 Å². The minimum atomic E-state index is -0.622. The van der Waals surface area contributed by atoms with Gasteiger partial charge in [-0.25, -0.2) is 4.98 Å². The summed E-state index contributed by atoms with van der Waals surface area (Å²) in [6.07, 6.45) is 3.28. The number of benzene rings is 1. The van der Waals surface area contributed by atoms with E-state index < -0.39 is 6.04 Å². The summed E-state index contributed by atoms with van der Waals surface area (Å²) in [5.74, 6) is 0.404. The molecular formula is C27H34ClN5O3. The Bertz CT molecular complexity index is 1050. The number of unbranched alkanes of at least 4 members (excludes halogenated alkanes) is 1. The Labute approximate surface area is 217 Å². The van der Waals surface area contributed by atoms with Crippen LogP contribution in [-0.2, 0) is 20.8 Å². The lowest BCUT2D eigenvalue weighted by Crippen LogP contribution is -2.55. The van der Waals surface area contributed by atoms with Crippen molar-refractivity contribution >= 4 is 35.1 Å². The maximum Gasteiger partial charge on any atom is 0.245 e. The predicted molar refractivity (Wildman–Crippen MR) is 142 cm³/mol. The van der Waals surface area contributed by atoms with Gasteiger partial charge < -0.3 is 20.4 Å². The first-order valence-electron chi connectivity index (χ1n) is 12.3. The number of carbonyl (C=O) groups excluding carboxylic acids is 3. The number of rotatable bonds is 11. The van der Waals surface area contributed by atoms with Crippen molar-refractivity contribution in [1.29, 1.82) is 0 Å². The minimum absolute atomic E-state index is 0.0774. The van der Waals surface area contributed by atoms with Gasteiger partial charge in [0.15, 0.2) is 0 Å². The molecule has 3 amide bonds. The van der Waals surface area contributed by atoms with Crippen LogP contribution in [0.5, 0.6) is 0 Å². The molecule has 8 nitrogen and oxygen atoms in total. The monoisotopic (exact) mass is 511 g/mol. The Kier molecular flexibility index (Phi) is 10.3. The zero-order valence-corrected chi connectivity index (χ0v) is 21.5. The number of nitrogens with one attached hydrogen (secondary N) is 2. The van der Waals surface area contributed by atoms with Gasteiger partial charge in [0.05, 0.1) is 6.42 Å². The summed E-state index contributed by atoms with van der Waals surface area (Å²) >= 11 is 5.94. The third-order valence-electron chi connectivity index (χ3n) is 6.10. The number of anilines is 1. The van der Waals surface area contributed by atoms with Crippen molar-refractivity contribution in [2.45, 2.75) is 38.6 Å². The van der Waals surface area contributed by atoms with Gasteiger partial charge >= 0.3 is 0 Å². The van der Waals surface area contributed by atoms with Crippen LogP contribution in [0.4, 0.5) is 5.82 Å². The molecule has 2 N–H and O–H groups in total. The van der Waals surface area contributed by atoms with Gasteiger partial charge in [0.1, 0.15) is 11.9 Å². The number of aryl methyl sites for hydroxylation is 1. The molecular weight excluding hydrogens is 478 g/mol. The molecule has 1 aliphatic heterocycles. The number of pyridine rings is 1. The Morgan fingerprint density at radius 2 is 1.81 bits per heavy atom. The maximum absolute atomic E-state index is 13.4.